The lowest BCUT2D eigenvalue weighted by molar-refractivity contribution is 0.143. The molecule has 1 N–H and O–H groups in total. The lowest BCUT2D eigenvalue weighted by Crippen LogP contribution is -2.49. The van der Waals surface area contributed by atoms with Crippen molar-refractivity contribution in [2.24, 2.45) is 0 Å². The Bertz CT molecular complexity index is 760. The number of ether oxygens (including phenoxy) is 1. The molecule has 5 nitrogen and oxygen atoms in total. The van der Waals surface area contributed by atoms with Crippen molar-refractivity contribution in [3.8, 4) is 5.75 Å². The van der Waals surface area contributed by atoms with E-state index in [2.05, 4.69) is 10.2 Å². The Morgan fingerprint density at radius 3 is 2.38 bits per heavy atom. The number of rotatable bonds is 4. The van der Waals surface area contributed by atoms with E-state index >= 15 is 0 Å². The van der Waals surface area contributed by atoms with E-state index in [1.54, 1.807) is 25.3 Å². The average molecular weight is 394 g/mol. The molecule has 2 aromatic carbocycles. The van der Waals surface area contributed by atoms with Crippen LogP contribution in [0.15, 0.2) is 42.5 Å². The number of benzene rings is 2. The Hall–Kier alpha value is -1.95. The fourth-order valence-corrected chi connectivity index (χ4v) is 3.29. The van der Waals surface area contributed by atoms with Crippen molar-refractivity contribution < 1.29 is 9.53 Å². The molecule has 2 aromatic rings. The van der Waals surface area contributed by atoms with E-state index in [4.69, 9.17) is 27.9 Å². The Labute approximate surface area is 163 Å². The van der Waals surface area contributed by atoms with Crippen LogP contribution in [0.2, 0.25) is 10.0 Å². The molecule has 3 rings (SSSR count). The van der Waals surface area contributed by atoms with Crippen LogP contribution in [0.5, 0.6) is 5.75 Å². The number of carbonyl (C=O) groups excluding carboxylic acids is 1. The molecule has 0 bridgehead atoms. The van der Waals surface area contributed by atoms with Crippen molar-refractivity contribution in [1.29, 1.82) is 0 Å². The van der Waals surface area contributed by atoms with E-state index in [-0.39, 0.29) is 6.03 Å². The molecule has 0 aromatic heterocycles. The number of nitrogens with one attached hydrogen (secondary N) is 1. The molecular formula is C19H21Cl2N3O2. The molecule has 1 aliphatic rings. The van der Waals surface area contributed by atoms with Crippen LogP contribution in [0.3, 0.4) is 0 Å². The zero-order chi connectivity index (χ0) is 18.5. The third kappa shape index (κ3) is 4.81. The van der Waals surface area contributed by atoms with Gasteiger partial charge in [0.1, 0.15) is 5.75 Å². The monoisotopic (exact) mass is 393 g/mol. The second-order valence-corrected chi connectivity index (χ2v) is 7.01. The quantitative estimate of drug-likeness (QED) is 0.839. The van der Waals surface area contributed by atoms with Crippen molar-refractivity contribution in [1.82, 2.24) is 9.80 Å². The Balaban J connectivity index is 1.50. The molecule has 0 unspecified atom stereocenters. The fourth-order valence-electron chi connectivity index (χ4n) is 2.90. The van der Waals surface area contributed by atoms with E-state index in [0.717, 1.165) is 24.7 Å². The minimum atomic E-state index is -0.114. The van der Waals surface area contributed by atoms with Crippen LogP contribution in [-0.2, 0) is 6.54 Å². The van der Waals surface area contributed by atoms with Gasteiger partial charge in [0.15, 0.2) is 0 Å². The molecule has 2 amide bonds. The predicted molar refractivity (Wildman–Crippen MR) is 105 cm³/mol. The van der Waals surface area contributed by atoms with Crippen LogP contribution in [0, 0.1) is 0 Å². The number of urea groups is 1. The highest BCUT2D eigenvalue weighted by molar-refractivity contribution is 6.32. The van der Waals surface area contributed by atoms with Gasteiger partial charge in [0, 0.05) is 43.4 Å². The van der Waals surface area contributed by atoms with E-state index in [0.29, 0.717) is 29.5 Å². The van der Waals surface area contributed by atoms with Crippen molar-refractivity contribution in [2.75, 3.05) is 38.6 Å². The molecule has 1 saturated heterocycles. The summed E-state index contributed by atoms with van der Waals surface area (Å²) in [5, 5.41) is 4.10. The smallest absolute Gasteiger partial charge is 0.321 e. The van der Waals surface area contributed by atoms with Crippen LogP contribution in [0.1, 0.15) is 5.56 Å². The minimum Gasteiger partial charge on any atom is -0.495 e. The lowest BCUT2D eigenvalue weighted by Gasteiger charge is -2.34. The number of anilines is 1. The van der Waals surface area contributed by atoms with Crippen molar-refractivity contribution in [2.45, 2.75) is 6.54 Å². The summed E-state index contributed by atoms with van der Waals surface area (Å²) >= 11 is 12.0. The number of piperazine rings is 1. The first kappa shape index (κ1) is 18.8. The van der Waals surface area contributed by atoms with E-state index < -0.39 is 0 Å². The fraction of sp³-hybridized carbons (Fsp3) is 0.316. The topological polar surface area (TPSA) is 44.8 Å². The molecule has 138 valence electrons. The van der Waals surface area contributed by atoms with Gasteiger partial charge in [-0.2, -0.15) is 0 Å². The highest BCUT2D eigenvalue weighted by Gasteiger charge is 2.21. The molecule has 0 spiro atoms. The van der Waals surface area contributed by atoms with Gasteiger partial charge < -0.3 is 15.0 Å². The third-order valence-electron chi connectivity index (χ3n) is 4.38. The van der Waals surface area contributed by atoms with Crippen LogP contribution >= 0.6 is 23.2 Å². The number of halogens is 2. The van der Waals surface area contributed by atoms with Gasteiger partial charge in [-0.15, -0.1) is 0 Å². The second kappa shape index (κ2) is 8.62. The number of nitrogens with zero attached hydrogens (tertiary/aromatic N) is 2. The standard InChI is InChI=1S/C19H21Cl2N3O2/c1-26-18-7-6-16(12-17(18)21)22-19(25)24-10-8-23(9-11-24)13-14-2-4-15(20)5-3-14/h2-7,12H,8-11,13H2,1H3,(H,22,25). The summed E-state index contributed by atoms with van der Waals surface area (Å²) in [5.74, 6) is 0.584. The first-order valence-electron chi connectivity index (χ1n) is 8.41. The molecule has 7 heteroatoms. The summed E-state index contributed by atoms with van der Waals surface area (Å²) in [5.41, 5.74) is 1.88. The highest BCUT2D eigenvalue weighted by Crippen LogP contribution is 2.27. The van der Waals surface area contributed by atoms with Gasteiger partial charge in [-0.1, -0.05) is 35.3 Å². The Kier molecular flexibility index (Phi) is 6.25. The summed E-state index contributed by atoms with van der Waals surface area (Å²) in [6.07, 6.45) is 0. The number of methoxy groups -OCH3 is 1. The summed E-state index contributed by atoms with van der Waals surface area (Å²) < 4.78 is 5.12. The van der Waals surface area contributed by atoms with Crippen molar-refractivity contribution in [3.63, 3.8) is 0 Å². The molecule has 1 aliphatic heterocycles. The maximum atomic E-state index is 12.4. The summed E-state index contributed by atoms with van der Waals surface area (Å²) in [6.45, 7) is 3.90. The van der Waals surface area contributed by atoms with E-state index in [1.165, 1.54) is 5.56 Å². The number of carbonyl (C=O) groups is 1. The summed E-state index contributed by atoms with van der Waals surface area (Å²) in [7, 11) is 1.56. The molecular weight excluding hydrogens is 373 g/mol. The first-order chi connectivity index (χ1) is 12.5. The maximum Gasteiger partial charge on any atom is 0.321 e. The number of hydrogen-bond donors (Lipinski definition) is 1. The second-order valence-electron chi connectivity index (χ2n) is 6.17. The highest BCUT2D eigenvalue weighted by atomic mass is 35.5. The van der Waals surface area contributed by atoms with E-state index in [9.17, 15) is 4.79 Å². The average Bonchev–Trinajstić information content (AvgIpc) is 2.64. The normalized spacial score (nSPS) is 15.0. The summed E-state index contributed by atoms with van der Waals surface area (Å²) in [4.78, 5) is 16.6. The predicted octanol–water partition coefficient (Wildman–Crippen LogP) is 4.35. The molecule has 1 heterocycles. The molecule has 26 heavy (non-hydrogen) atoms. The first-order valence-corrected chi connectivity index (χ1v) is 9.17. The van der Waals surface area contributed by atoms with Crippen LogP contribution in [0.4, 0.5) is 10.5 Å². The molecule has 1 fully saturated rings. The summed E-state index contributed by atoms with van der Waals surface area (Å²) in [6, 6.07) is 13.0. The van der Waals surface area contributed by atoms with Gasteiger partial charge in [0.05, 0.1) is 12.1 Å². The number of amides is 2. The zero-order valence-electron chi connectivity index (χ0n) is 14.5. The molecule has 0 radical (unpaired) electrons. The van der Waals surface area contributed by atoms with E-state index in [1.807, 2.05) is 29.2 Å². The van der Waals surface area contributed by atoms with Crippen LogP contribution in [0.25, 0.3) is 0 Å². The molecule has 0 saturated carbocycles. The van der Waals surface area contributed by atoms with Crippen LogP contribution < -0.4 is 10.1 Å². The van der Waals surface area contributed by atoms with Gasteiger partial charge in [-0.3, -0.25) is 4.90 Å². The molecule has 0 aliphatic carbocycles. The van der Waals surface area contributed by atoms with Crippen molar-refractivity contribution >= 4 is 34.9 Å². The Morgan fingerprint density at radius 2 is 1.77 bits per heavy atom. The van der Waals surface area contributed by atoms with Crippen LogP contribution in [-0.4, -0.2) is 49.1 Å². The van der Waals surface area contributed by atoms with Gasteiger partial charge in [-0.25, -0.2) is 4.79 Å². The third-order valence-corrected chi connectivity index (χ3v) is 4.93. The van der Waals surface area contributed by atoms with Gasteiger partial charge in [0.25, 0.3) is 0 Å². The largest absolute Gasteiger partial charge is 0.495 e. The van der Waals surface area contributed by atoms with Gasteiger partial charge in [-0.05, 0) is 35.9 Å². The zero-order valence-corrected chi connectivity index (χ0v) is 16.1. The maximum absolute atomic E-state index is 12.4. The number of hydrogen-bond acceptors (Lipinski definition) is 3. The van der Waals surface area contributed by atoms with Crippen molar-refractivity contribution in [3.05, 3.63) is 58.1 Å². The van der Waals surface area contributed by atoms with Gasteiger partial charge in [0.2, 0.25) is 0 Å². The van der Waals surface area contributed by atoms with Gasteiger partial charge >= 0.3 is 6.03 Å². The lowest BCUT2D eigenvalue weighted by atomic mass is 10.2. The molecule has 0 atom stereocenters. The SMILES string of the molecule is COc1ccc(NC(=O)N2CCN(Cc3ccc(Cl)cc3)CC2)cc1Cl. The Morgan fingerprint density at radius 1 is 1.08 bits per heavy atom. The minimum absolute atomic E-state index is 0.114.